The predicted molar refractivity (Wildman–Crippen MR) is 95.7 cm³/mol. The molecule has 26 heavy (non-hydrogen) atoms. The third-order valence-corrected chi connectivity index (χ3v) is 5.44. The van der Waals surface area contributed by atoms with Crippen LogP contribution in [0, 0.1) is 0 Å². The Morgan fingerprint density at radius 2 is 1.92 bits per heavy atom. The van der Waals surface area contributed by atoms with Gasteiger partial charge in [0.25, 0.3) is 5.91 Å². The lowest BCUT2D eigenvalue weighted by Crippen LogP contribution is -2.44. The van der Waals surface area contributed by atoms with E-state index >= 15 is 0 Å². The van der Waals surface area contributed by atoms with E-state index in [0.717, 1.165) is 27.7 Å². The van der Waals surface area contributed by atoms with Crippen molar-refractivity contribution in [1.82, 2.24) is 14.8 Å². The number of phenolic OH excluding ortho intramolecular Hbond substituents is 1. The SMILES string of the molecule is CN1C(=O)[C@H]2Cc3c([nH]c4ccccc34)[C@@H](c3cccc(O)c3)N2C1=O. The molecule has 1 fully saturated rings. The first-order valence-electron chi connectivity index (χ1n) is 8.54. The van der Waals surface area contributed by atoms with Crippen molar-refractivity contribution in [2.45, 2.75) is 18.5 Å². The first-order valence-corrected chi connectivity index (χ1v) is 8.54. The number of hydrogen-bond donors (Lipinski definition) is 2. The Labute approximate surface area is 149 Å². The maximum absolute atomic E-state index is 12.8. The van der Waals surface area contributed by atoms with E-state index in [0.29, 0.717) is 6.42 Å². The fraction of sp³-hybridized carbons (Fsp3) is 0.200. The van der Waals surface area contributed by atoms with Crippen LogP contribution in [0.15, 0.2) is 48.5 Å². The first-order chi connectivity index (χ1) is 12.6. The van der Waals surface area contributed by atoms with Crippen LogP contribution in [-0.2, 0) is 11.2 Å². The second-order valence-electron chi connectivity index (χ2n) is 6.87. The Hall–Kier alpha value is -3.28. The lowest BCUT2D eigenvalue weighted by Gasteiger charge is -2.36. The molecule has 3 amide bonds. The van der Waals surface area contributed by atoms with Crippen LogP contribution in [0.2, 0.25) is 0 Å². The van der Waals surface area contributed by atoms with Crippen LogP contribution in [0.25, 0.3) is 10.9 Å². The van der Waals surface area contributed by atoms with Gasteiger partial charge in [-0.2, -0.15) is 0 Å². The number of nitrogens with zero attached hydrogens (tertiary/aromatic N) is 2. The molecule has 2 aliphatic rings. The number of nitrogens with one attached hydrogen (secondary N) is 1. The van der Waals surface area contributed by atoms with Crippen molar-refractivity contribution in [3.05, 3.63) is 65.4 Å². The molecule has 6 heteroatoms. The summed E-state index contributed by atoms with van der Waals surface area (Å²) in [6, 6.07) is 13.6. The summed E-state index contributed by atoms with van der Waals surface area (Å²) in [4.78, 5) is 31.7. The number of hydrogen-bond acceptors (Lipinski definition) is 3. The highest BCUT2D eigenvalue weighted by molar-refractivity contribution is 6.05. The van der Waals surface area contributed by atoms with E-state index in [9.17, 15) is 14.7 Å². The molecule has 2 N–H and O–H groups in total. The zero-order chi connectivity index (χ0) is 18.0. The highest BCUT2D eigenvalue weighted by atomic mass is 16.3. The Morgan fingerprint density at radius 3 is 2.73 bits per heavy atom. The third-order valence-electron chi connectivity index (χ3n) is 5.44. The van der Waals surface area contributed by atoms with Crippen molar-refractivity contribution in [2.24, 2.45) is 0 Å². The van der Waals surface area contributed by atoms with Gasteiger partial charge in [-0.25, -0.2) is 4.79 Å². The van der Waals surface area contributed by atoms with E-state index in [1.807, 2.05) is 30.3 Å². The third kappa shape index (κ3) is 1.87. The van der Waals surface area contributed by atoms with E-state index < -0.39 is 12.1 Å². The fourth-order valence-electron chi connectivity index (χ4n) is 4.25. The smallest absolute Gasteiger partial charge is 0.328 e. The summed E-state index contributed by atoms with van der Waals surface area (Å²) < 4.78 is 0. The topological polar surface area (TPSA) is 76.6 Å². The molecule has 0 spiro atoms. The predicted octanol–water partition coefficient (Wildman–Crippen LogP) is 2.78. The maximum Gasteiger partial charge on any atom is 0.328 e. The number of para-hydroxylation sites is 1. The van der Waals surface area contributed by atoms with Crippen molar-refractivity contribution in [2.75, 3.05) is 7.05 Å². The number of carbonyl (C=O) groups is 2. The molecule has 0 aliphatic carbocycles. The summed E-state index contributed by atoms with van der Waals surface area (Å²) in [5.74, 6) is -0.0512. The van der Waals surface area contributed by atoms with E-state index in [4.69, 9.17) is 0 Å². The first kappa shape index (κ1) is 15.0. The largest absolute Gasteiger partial charge is 0.508 e. The molecular weight excluding hydrogens is 330 g/mol. The van der Waals surface area contributed by atoms with E-state index in [1.165, 1.54) is 11.9 Å². The number of phenols is 1. The Kier molecular flexibility index (Phi) is 2.95. The van der Waals surface area contributed by atoms with Crippen molar-refractivity contribution >= 4 is 22.8 Å². The van der Waals surface area contributed by atoms with Crippen molar-refractivity contribution in [3.8, 4) is 5.75 Å². The van der Waals surface area contributed by atoms with E-state index in [2.05, 4.69) is 4.98 Å². The summed E-state index contributed by atoms with van der Waals surface area (Å²) in [5, 5.41) is 11.0. The molecule has 6 nitrogen and oxygen atoms in total. The summed E-state index contributed by atoms with van der Waals surface area (Å²) in [5.41, 5.74) is 3.73. The second-order valence-corrected chi connectivity index (χ2v) is 6.87. The summed E-state index contributed by atoms with van der Waals surface area (Å²) >= 11 is 0. The number of H-pyrrole nitrogens is 1. The number of aromatic nitrogens is 1. The van der Waals surface area contributed by atoms with Crippen LogP contribution in [-0.4, -0.2) is 44.9 Å². The molecule has 1 saturated heterocycles. The van der Waals surface area contributed by atoms with Gasteiger partial charge in [0.2, 0.25) is 0 Å². The molecule has 2 atom stereocenters. The van der Waals surface area contributed by atoms with E-state index in [1.54, 1.807) is 23.1 Å². The molecule has 3 aromatic rings. The van der Waals surface area contributed by atoms with Gasteiger partial charge in [-0.15, -0.1) is 0 Å². The molecule has 3 heterocycles. The van der Waals surface area contributed by atoms with Gasteiger partial charge in [-0.3, -0.25) is 14.6 Å². The molecule has 2 aliphatic heterocycles. The summed E-state index contributed by atoms with van der Waals surface area (Å²) in [6.45, 7) is 0. The van der Waals surface area contributed by atoms with Gasteiger partial charge >= 0.3 is 6.03 Å². The molecule has 130 valence electrons. The lowest BCUT2D eigenvalue weighted by molar-refractivity contribution is -0.127. The van der Waals surface area contributed by atoms with Crippen LogP contribution in [0.4, 0.5) is 4.79 Å². The Morgan fingerprint density at radius 1 is 1.12 bits per heavy atom. The van der Waals surface area contributed by atoms with Crippen LogP contribution in [0.1, 0.15) is 22.9 Å². The maximum atomic E-state index is 12.8. The highest BCUT2D eigenvalue weighted by Gasteiger charge is 2.51. The minimum atomic E-state index is -0.522. The molecule has 0 bridgehead atoms. The van der Waals surface area contributed by atoms with Gasteiger partial charge < -0.3 is 10.1 Å². The van der Waals surface area contributed by atoms with Gasteiger partial charge in [0, 0.05) is 30.1 Å². The summed E-state index contributed by atoms with van der Waals surface area (Å²) in [7, 11) is 1.52. The average Bonchev–Trinajstić information content (AvgIpc) is 3.12. The van der Waals surface area contributed by atoms with Crippen molar-refractivity contribution < 1.29 is 14.7 Å². The van der Waals surface area contributed by atoms with Gasteiger partial charge in [-0.05, 0) is 29.3 Å². The fourth-order valence-corrected chi connectivity index (χ4v) is 4.25. The number of rotatable bonds is 1. The molecule has 2 aromatic carbocycles. The number of imide groups is 1. The van der Waals surface area contributed by atoms with Crippen LogP contribution < -0.4 is 0 Å². The zero-order valence-electron chi connectivity index (χ0n) is 14.1. The van der Waals surface area contributed by atoms with Crippen LogP contribution in [0.3, 0.4) is 0 Å². The van der Waals surface area contributed by atoms with Crippen molar-refractivity contribution in [1.29, 1.82) is 0 Å². The quantitative estimate of drug-likeness (QED) is 0.665. The number of amides is 3. The normalized spacial score (nSPS) is 22.0. The number of aromatic amines is 1. The standard InChI is InChI=1S/C20H17N3O3/c1-22-19(25)16-10-14-13-7-2-3-8-15(13)21-17(14)18(23(16)20(22)26)11-5-4-6-12(24)9-11/h2-9,16,18,21,24H,10H2,1H3/t16-,18-/m1/s1. The van der Waals surface area contributed by atoms with Gasteiger partial charge in [-0.1, -0.05) is 30.3 Å². The Balaban J connectivity index is 1.79. The minimum Gasteiger partial charge on any atom is -0.508 e. The number of aromatic hydroxyl groups is 1. The molecule has 0 radical (unpaired) electrons. The average molecular weight is 347 g/mol. The molecule has 1 aromatic heterocycles. The highest BCUT2D eigenvalue weighted by Crippen LogP contribution is 2.44. The summed E-state index contributed by atoms with van der Waals surface area (Å²) in [6.07, 6.45) is 0.490. The van der Waals surface area contributed by atoms with E-state index in [-0.39, 0.29) is 17.7 Å². The number of urea groups is 1. The number of fused-ring (bicyclic) bond motifs is 4. The van der Waals surface area contributed by atoms with Crippen LogP contribution >= 0.6 is 0 Å². The monoisotopic (exact) mass is 347 g/mol. The van der Waals surface area contributed by atoms with Crippen molar-refractivity contribution in [3.63, 3.8) is 0 Å². The molecule has 0 saturated carbocycles. The zero-order valence-corrected chi connectivity index (χ0v) is 14.1. The molecule has 5 rings (SSSR count). The number of benzene rings is 2. The molecule has 0 unspecified atom stereocenters. The lowest BCUT2D eigenvalue weighted by atomic mass is 9.89. The molecular formula is C20H17N3O3. The van der Waals surface area contributed by atoms with Gasteiger partial charge in [0.1, 0.15) is 17.8 Å². The van der Waals surface area contributed by atoms with Gasteiger partial charge in [0.05, 0.1) is 0 Å². The number of likely N-dealkylation sites (N-methyl/N-ethyl adjacent to an activating group) is 1. The van der Waals surface area contributed by atoms with Crippen LogP contribution in [0.5, 0.6) is 5.75 Å². The number of carbonyl (C=O) groups excluding carboxylic acids is 2. The Bertz CT molecular complexity index is 1070. The minimum absolute atomic E-state index is 0.133. The second kappa shape index (κ2) is 5.11. The van der Waals surface area contributed by atoms with Gasteiger partial charge in [0.15, 0.2) is 0 Å².